The molecule has 1 N–H and O–H groups in total. The monoisotopic (exact) mass is 377 g/mol. The summed E-state index contributed by atoms with van der Waals surface area (Å²) in [6, 6.07) is 5.95. The number of rotatable bonds is 5. The van der Waals surface area contributed by atoms with Gasteiger partial charge in [-0.05, 0) is 31.2 Å². The number of amides is 1. The van der Waals surface area contributed by atoms with Crippen LogP contribution in [0.3, 0.4) is 0 Å². The fraction of sp³-hybridized carbons (Fsp3) is 0.111. The maximum atomic E-state index is 13.8. The third-order valence-corrected chi connectivity index (χ3v) is 4.36. The summed E-state index contributed by atoms with van der Waals surface area (Å²) in [6.07, 6.45) is 1.45. The second-order valence-electron chi connectivity index (χ2n) is 5.13. The Morgan fingerprint density at radius 1 is 1.27 bits per heavy atom. The van der Waals surface area contributed by atoms with Crippen molar-refractivity contribution in [2.24, 2.45) is 0 Å². The van der Waals surface area contributed by atoms with Crippen molar-refractivity contribution < 1.29 is 27.5 Å². The number of carbonyl (C=O) groups is 2. The van der Waals surface area contributed by atoms with Crippen LogP contribution in [0.4, 0.5) is 13.8 Å². The topological polar surface area (TPSA) is 68.5 Å². The van der Waals surface area contributed by atoms with E-state index >= 15 is 0 Å². The van der Waals surface area contributed by atoms with Crippen LogP contribution in [0, 0.1) is 11.6 Å². The summed E-state index contributed by atoms with van der Waals surface area (Å²) in [6.45, 7) is 1.80. The summed E-state index contributed by atoms with van der Waals surface area (Å²) in [5.74, 6) is -2.81. The van der Waals surface area contributed by atoms with E-state index in [1.165, 1.54) is 6.26 Å². The van der Waals surface area contributed by atoms with Gasteiger partial charge in [-0.2, -0.15) is 0 Å². The molecule has 5 nitrogen and oxygen atoms in total. The van der Waals surface area contributed by atoms with Crippen LogP contribution in [0.15, 0.2) is 46.4 Å². The lowest BCUT2D eigenvalue weighted by Gasteiger charge is -2.08. The number of esters is 1. The lowest BCUT2D eigenvalue weighted by atomic mass is 10.1. The van der Waals surface area contributed by atoms with E-state index in [1.54, 1.807) is 24.4 Å². The van der Waals surface area contributed by atoms with Gasteiger partial charge in [0.2, 0.25) is 0 Å². The average Bonchev–Trinajstić information content (AvgIpc) is 3.24. The van der Waals surface area contributed by atoms with Crippen molar-refractivity contribution in [2.45, 2.75) is 6.92 Å². The second kappa shape index (κ2) is 7.49. The van der Waals surface area contributed by atoms with Crippen LogP contribution < -0.4 is 5.32 Å². The van der Waals surface area contributed by atoms with Gasteiger partial charge in [0.05, 0.1) is 18.4 Å². The summed E-state index contributed by atoms with van der Waals surface area (Å²) in [5, 5.41) is 4.29. The molecule has 0 atom stereocenters. The third-order valence-electron chi connectivity index (χ3n) is 3.46. The normalized spacial score (nSPS) is 10.6. The molecule has 0 saturated heterocycles. The van der Waals surface area contributed by atoms with Crippen LogP contribution in [0.2, 0.25) is 0 Å². The van der Waals surface area contributed by atoms with Crippen molar-refractivity contribution in [3.8, 4) is 11.3 Å². The molecule has 0 aliphatic rings. The molecule has 134 valence electrons. The van der Waals surface area contributed by atoms with Crippen LogP contribution in [0.25, 0.3) is 11.3 Å². The Hall–Kier alpha value is -3.00. The first-order chi connectivity index (χ1) is 12.5. The van der Waals surface area contributed by atoms with Crippen molar-refractivity contribution in [1.29, 1.82) is 0 Å². The fourth-order valence-corrected chi connectivity index (χ4v) is 3.25. The molecular weight excluding hydrogens is 364 g/mol. The Labute approximate surface area is 151 Å². The Morgan fingerprint density at radius 2 is 2.08 bits per heavy atom. The highest BCUT2D eigenvalue weighted by Gasteiger charge is 2.25. The minimum Gasteiger partial charge on any atom is -0.464 e. The summed E-state index contributed by atoms with van der Waals surface area (Å²) in [4.78, 5) is 24.7. The van der Waals surface area contributed by atoms with Gasteiger partial charge >= 0.3 is 5.97 Å². The highest BCUT2D eigenvalue weighted by molar-refractivity contribution is 7.15. The molecule has 0 saturated carbocycles. The van der Waals surface area contributed by atoms with Gasteiger partial charge < -0.3 is 14.5 Å². The zero-order valence-electron chi connectivity index (χ0n) is 13.5. The molecule has 1 aromatic carbocycles. The Balaban J connectivity index is 1.97. The number of anilines is 1. The Morgan fingerprint density at radius 3 is 2.73 bits per heavy atom. The van der Waals surface area contributed by atoms with Gasteiger partial charge in [-0.25, -0.2) is 13.6 Å². The molecule has 26 heavy (non-hydrogen) atoms. The predicted octanol–water partition coefficient (Wildman–Crippen LogP) is 4.72. The van der Waals surface area contributed by atoms with E-state index in [0.717, 1.165) is 23.5 Å². The number of benzene rings is 1. The predicted molar refractivity (Wildman–Crippen MR) is 92.3 cm³/mol. The highest BCUT2D eigenvalue weighted by Crippen LogP contribution is 2.36. The van der Waals surface area contributed by atoms with Gasteiger partial charge in [0.15, 0.2) is 0 Å². The first-order valence-electron chi connectivity index (χ1n) is 7.60. The van der Waals surface area contributed by atoms with Crippen LogP contribution in [0.1, 0.15) is 27.6 Å². The molecule has 0 fully saturated rings. The lowest BCUT2D eigenvalue weighted by Crippen LogP contribution is -2.16. The number of nitrogens with one attached hydrogen (secondary N) is 1. The van der Waals surface area contributed by atoms with E-state index in [0.29, 0.717) is 17.4 Å². The first-order valence-corrected chi connectivity index (χ1v) is 8.48. The Bertz CT molecular complexity index is 950. The molecule has 0 bridgehead atoms. The molecule has 2 heterocycles. The molecule has 1 amide bonds. The standard InChI is InChI=1S/C18H13F2NO4S/c1-2-24-18(23)15-12(14-4-3-7-25-14)9-26-17(15)21-16(22)11-6-5-10(19)8-13(11)20/h3-9H,2H2,1H3,(H,21,22). The van der Waals surface area contributed by atoms with Crippen LogP contribution in [0.5, 0.6) is 0 Å². The fourth-order valence-electron chi connectivity index (χ4n) is 2.31. The zero-order chi connectivity index (χ0) is 18.7. The van der Waals surface area contributed by atoms with E-state index in [4.69, 9.17) is 9.15 Å². The smallest absolute Gasteiger partial charge is 0.341 e. The third kappa shape index (κ3) is 3.50. The lowest BCUT2D eigenvalue weighted by molar-refractivity contribution is 0.0529. The number of carbonyl (C=O) groups excluding carboxylic acids is 2. The number of hydrogen-bond acceptors (Lipinski definition) is 5. The number of hydrogen-bond donors (Lipinski definition) is 1. The minimum atomic E-state index is -0.997. The number of furan rings is 1. The van der Waals surface area contributed by atoms with Crippen molar-refractivity contribution in [3.05, 3.63) is 64.7 Å². The van der Waals surface area contributed by atoms with Crippen molar-refractivity contribution >= 4 is 28.2 Å². The van der Waals surface area contributed by atoms with E-state index in [9.17, 15) is 18.4 Å². The number of thiophene rings is 1. The van der Waals surface area contributed by atoms with Crippen molar-refractivity contribution in [3.63, 3.8) is 0 Å². The maximum Gasteiger partial charge on any atom is 0.341 e. The van der Waals surface area contributed by atoms with E-state index in [2.05, 4.69) is 5.32 Å². The molecule has 3 aromatic rings. The quantitative estimate of drug-likeness (QED) is 0.654. The summed E-state index contributed by atoms with van der Waals surface area (Å²) >= 11 is 1.07. The molecule has 0 unspecified atom stereocenters. The van der Waals surface area contributed by atoms with Crippen molar-refractivity contribution in [1.82, 2.24) is 0 Å². The maximum absolute atomic E-state index is 13.8. The second-order valence-corrected chi connectivity index (χ2v) is 6.01. The zero-order valence-corrected chi connectivity index (χ0v) is 14.4. The summed E-state index contributed by atoms with van der Waals surface area (Å²) in [7, 11) is 0. The van der Waals surface area contributed by atoms with Gasteiger partial charge in [-0.3, -0.25) is 4.79 Å². The minimum absolute atomic E-state index is 0.114. The van der Waals surface area contributed by atoms with Gasteiger partial charge in [0.1, 0.15) is 28.0 Å². The SMILES string of the molecule is CCOC(=O)c1c(-c2ccco2)csc1NC(=O)c1ccc(F)cc1F. The summed E-state index contributed by atoms with van der Waals surface area (Å²) in [5.41, 5.74) is 0.227. The number of ether oxygens (including phenoxy) is 1. The Kier molecular flexibility index (Phi) is 5.13. The molecule has 0 aliphatic carbocycles. The van der Waals surface area contributed by atoms with Crippen molar-refractivity contribution in [2.75, 3.05) is 11.9 Å². The number of halogens is 2. The molecule has 8 heteroatoms. The van der Waals surface area contributed by atoms with Gasteiger partial charge in [0.25, 0.3) is 5.91 Å². The molecule has 0 radical (unpaired) electrons. The molecule has 0 aliphatic heterocycles. The van der Waals surface area contributed by atoms with E-state index in [1.807, 2.05) is 0 Å². The first kappa shape index (κ1) is 17.8. The van der Waals surface area contributed by atoms with Crippen LogP contribution in [-0.2, 0) is 4.74 Å². The highest BCUT2D eigenvalue weighted by atomic mass is 32.1. The van der Waals surface area contributed by atoms with E-state index in [-0.39, 0.29) is 22.7 Å². The largest absolute Gasteiger partial charge is 0.464 e. The average molecular weight is 377 g/mol. The molecule has 3 rings (SSSR count). The summed E-state index contributed by atoms with van der Waals surface area (Å²) < 4.78 is 37.2. The van der Waals surface area contributed by atoms with E-state index < -0.39 is 23.5 Å². The molecule has 2 aromatic heterocycles. The molecule has 0 spiro atoms. The van der Waals surface area contributed by atoms with Gasteiger partial charge in [-0.1, -0.05) is 0 Å². The van der Waals surface area contributed by atoms with Gasteiger partial charge in [0, 0.05) is 17.0 Å². The van der Waals surface area contributed by atoms with Crippen LogP contribution >= 0.6 is 11.3 Å². The van der Waals surface area contributed by atoms with Gasteiger partial charge in [-0.15, -0.1) is 11.3 Å². The molecular formula is C18H13F2NO4S. The van der Waals surface area contributed by atoms with Crippen LogP contribution in [-0.4, -0.2) is 18.5 Å².